The number of nitrogen functional groups attached to an aromatic ring is 1. The molecule has 45 heavy (non-hydrogen) atoms. The van der Waals surface area contributed by atoms with E-state index in [1.807, 2.05) is 6.92 Å². The van der Waals surface area contributed by atoms with E-state index in [9.17, 15) is 13.2 Å². The van der Waals surface area contributed by atoms with Gasteiger partial charge in [-0.15, -0.1) is 0 Å². The molecule has 14 heteroatoms. The molecule has 0 spiro atoms. The molecule has 0 amide bonds. The maximum absolute atomic E-state index is 16.8. The van der Waals surface area contributed by atoms with Gasteiger partial charge in [0.2, 0.25) is 12.3 Å². The number of anilines is 2. The van der Waals surface area contributed by atoms with Gasteiger partial charge in [0.05, 0.1) is 11.6 Å². The zero-order valence-corrected chi connectivity index (χ0v) is 25.6. The van der Waals surface area contributed by atoms with E-state index in [2.05, 4.69) is 37.0 Å². The molecule has 10 nitrogen and oxygen atoms in total. The molecule has 0 unspecified atom stereocenters. The molecule has 0 radical (unpaired) electrons. The van der Waals surface area contributed by atoms with Crippen molar-refractivity contribution in [2.24, 2.45) is 0 Å². The Morgan fingerprint density at radius 3 is 2.82 bits per heavy atom. The molecule has 0 aliphatic carbocycles. The number of hydrogen-bond donors (Lipinski definition) is 2. The fourth-order valence-electron chi connectivity index (χ4n) is 7.95. The van der Waals surface area contributed by atoms with Gasteiger partial charge in [-0.3, -0.25) is 4.90 Å². The summed E-state index contributed by atoms with van der Waals surface area (Å²) in [6, 6.07) is 1.19. The average molecular weight is 631 g/mol. The van der Waals surface area contributed by atoms with Gasteiger partial charge in [0.1, 0.15) is 47.1 Å². The third-order valence-electron chi connectivity index (χ3n) is 9.93. The van der Waals surface area contributed by atoms with Crippen LogP contribution < -0.4 is 25.4 Å². The number of halogens is 4. The normalized spacial score (nSPS) is 27.9. The molecule has 5 atom stereocenters. The fourth-order valence-corrected chi connectivity index (χ4v) is 7.95. The van der Waals surface area contributed by atoms with Gasteiger partial charge >= 0.3 is 6.01 Å². The predicted octanol–water partition coefficient (Wildman–Crippen LogP) is 4.22. The molecule has 3 N–H and O–H groups in total. The van der Waals surface area contributed by atoms with Crippen LogP contribution in [0.5, 0.6) is 11.9 Å². The largest absolute Gasteiger partial charge is 0.472 e. The highest BCUT2D eigenvalue weighted by Gasteiger charge is 2.49. The summed E-state index contributed by atoms with van der Waals surface area (Å²) in [5.74, 6) is -0.241. The molecule has 7 rings (SSSR count). The topological polar surface area (TPSA) is 115 Å². The molecule has 7 heterocycles. The number of aromatic nitrogens is 4. The van der Waals surface area contributed by atoms with Crippen molar-refractivity contribution in [1.29, 1.82) is 0 Å². The Hall–Kier alpha value is -3.52. The lowest BCUT2D eigenvalue weighted by atomic mass is 9.95. The van der Waals surface area contributed by atoms with Gasteiger partial charge in [-0.2, -0.15) is 9.97 Å². The van der Waals surface area contributed by atoms with Crippen LogP contribution >= 0.6 is 0 Å². The van der Waals surface area contributed by atoms with Crippen molar-refractivity contribution in [1.82, 2.24) is 30.2 Å². The first kappa shape index (κ1) is 30.2. The lowest BCUT2D eigenvalue weighted by molar-refractivity contribution is 0.107. The molecule has 4 aliphatic rings. The third kappa shape index (κ3) is 5.09. The highest BCUT2D eigenvalue weighted by Crippen LogP contribution is 2.44. The fraction of sp³-hybridized carbons (Fsp3) is 0.613. The van der Waals surface area contributed by atoms with Crippen LogP contribution in [0.2, 0.25) is 0 Å². The summed E-state index contributed by atoms with van der Waals surface area (Å²) >= 11 is 0. The van der Waals surface area contributed by atoms with Crippen LogP contribution in [-0.4, -0.2) is 93.9 Å². The van der Waals surface area contributed by atoms with E-state index in [0.717, 1.165) is 25.8 Å². The quantitative estimate of drug-likeness (QED) is 0.368. The van der Waals surface area contributed by atoms with E-state index in [0.29, 0.717) is 31.9 Å². The van der Waals surface area contributed by atoms with E-state index in [-0.39, 0.29) is 69.8 Å². The lowest BCUT2D eigenvalue weighted by Crippen LogP contribution is -2.62. The molecule has 0 aromatic carbocycles. The van der Waals surface area contributed by atoms with Crippen LogP contribution in [0.4, 0.5) is 29.2 Å². The van der Waals surface area contributed by atoms with Gasteiger partial charge in [0.25, 0.3) is 0 Å². The Labute approximate surface area is 258 Å². The SMILES string of the molecule is CC[C@@H]1NCCN2c3nc(OC[C@@]45CCCN4C[C@H](F)C5)nc4c(F)c(-c5cc(N)nc(C)c5CC(F)F)nc(c34)O[C@@H](C)[C@H]12. The molecule has 242 valence electrons. The van der Waals surface area contributed by atoms with Gasteiger partial charge in [-0.1, -0.05) is 6.92 Å². The van der Waals surface area contributed by atoms with Gasteiger partial charge < -0.3 is 25.4 Å². The smallest absolute Gasteiger partial charge is 0.319 e. The molecule has 0 saturated carbocycles. The summed E-state index contributed by atoms with van der Waals surface area (Å²) < 4.78 is 71.4. The number of nitrogens with two attached hydrogens (primary N) is 1. The van der Waals surface area contributed by atoms with Crippen molar-refractivity contribution < 1.29 is 27.0 Å². The van der Waals surface area contributed by atoms with Gasteiger partial charge in [0, 0.05) is 49.8 Å². The predicted molar refractivity (Wildman–Crippen MR) is 161 cm³/mol. The molecular weight excluding hydrogens is 592 g/mol. The first-order valence-electron chi connectivity index (χ1n) is 15.7. The van der Waals surface area contributed by atoms with Crippen LogP contribution in [0.1, 0.15) is 50.8 Å². The molecule has 3 fully saturated rings. The maximum Gasteiger partial charge on any atom is 0.319 e. The number of alkyl halides is 3. The Morgan fingerprint density at radius 2 is 2.04 bits per heavy atom. The number of rotatable bonds is 7. The first-order valence-corrected chi connectivity index (χ1v) is 15.7. The summed E-state index contributed by atoms with van der Waals surface area (Å²) in [6.07, 6.45) is -1.79. The van der Waals surface area contributed by atoms with Crippen molar-refractivity contribution in [3.05, 3.63) is 23.1 Å². The number of pyridine rings is 2. The van der Waals surface area contributed by atoms with E-state index < -0.39 is 36.5 Å². The molecule has 0 bridgehead atoms. The summed E-state index contributed by atoms with van der Waals surface area (Å²) in [6.45, 7) is 8.15. The zero-order chi connectivity index (χ0) is 31.6. The first-order chi connectivity index (χ1) is 21.6. The molecule has 3 saturated heterocycles. The van der Waals surface area contributed by atoms with E-state index >= 15 is 4.39 Å². The maximum atomic E-state index is 16.8. The summed E-state index contributed by atoms with van der Waals surface area (Å²) in [5.41, 5.74) is 5.76. The molecule has 4 aliphatic heterocycles. The van der Waals surface area contributed by atoms with Crippen molar-refractivity contribution in [3.8, 4) is 23.1 Å². The Morgan fingerprint density at radius 1 is 1.22 bits per heavy atom. The van der Waals surface area contributed by atoms with Crippen molar-refractivity contribution >= 4 is 22.5 Å². The zero-order valence-electron chi connectivity index (χ0n) is 25.6. The minimum atomic E-state index is -2.70. The minimum absolute atomic E-state index is 0.0406. The number of piperazine rings is 1. The monoisotopic (exact) mass is 630 g/mol. The van der Waals surface area contributed by atoms with Crippen LogP contribution in [-0.2, 0) is 6.42 Å². The molecule has 3 aromatic rings. The Balaban J connectivity index is 1.41. The highest BCUT2D eigenvalue weighted by atomic mass is 19.3. The van der Waals surface area contributed by atoms with Crippen molar-refractivity contribution in [2.45, 2.75) is 89.2 Å². The van der Waals surface area contributed by atoms with Crippen molar-refractivity contribution in [3.63, 3.8) is 0 Å². The van der Waals surface area contributed by atoms with Crippen LogP contribution in [0.15, 0.2) is 6.07 Å². The van der Waals surface area contributed by atoms with Gasteiger partial charge in [-0.05, 0) is 51.3 Å². The molecule has 3 aromatic heterocycles. The highest BCUT2D eigenvalue weighted by molar-refractivity contribution is 5.97. The Kier molecular flexibility index (Phi) is 7.62. The number of hydrogen-bond acceptors (Lipinski definition) is 10. The van der Waals surface area contributed by atoms with E-state index in [1.165, 1.54) is 6.07 Å². The number of ether oxygens (including phenoxy) is 2. The number of nitrogens with zero attached hydrogens (tertiary/aromatic N) is 6. The number of nitrogens with one attached hydrogen (secondary N) is 1. The minimum Gasteiger partial charge on any atom is -0.472 e. The van der Waals surface area contributed by atoms with Gasteiger partial charge in [0.15, 0.2) is 5.82 Å². The second-order valence-electron chi connectivity index (χ2n) is 12.7. The molecular formula is C31H38F4N8O2. The van der Waals surface area contributed by atoms with Crippen LogP contribution in [0.25, 0.3) is 22.2 Å². The summed E-state index contributed by atoms with van der Waals surface area (Å²) in [7, 11) is 0. The second kappa shape index (κ2) is 11.4. The van der Waals surface area contributed by atoms with Crippen LogP contribution in [0, 0.1) is 12.7 Å². The standard InChI is InChI=1S/C31H38F4N8O2/c1-4-20-27-16(3)45-29-23-26(24(35)25(39-29)19-11-22(36)38-15(2)18(19)10-21(33)34)40-30(41-28(23)43(27)9-7-37-20)44-14-31-6-5-8-42(31)13-17(32)12-31/h11,16-17,20-21,27,37H,4-10,12-14H2,1-3H3,(H2,36,38)/t16-,17+,20-,27+,31-/m0/s1. The van der Waals surface area contributed by atoms with Crippen molar-refractivity contribution in [2.75, 3.05) is 43.4 Å². The Bertz CT molecular complexity index is 1630. The summed E-state index contributed by atoms with van der Waals surface area (Å²) in [4.78, 5) is 22.4. The number of fused-ring (bicyclic) bond motifs is 3. The lowest BCUT2D eigenvalue weighted by Gasteiger charge is -2.43. The van der Waals surface area contributed by atoms with Crippen LogP contribution in [0.3, 0.4) is 0 Å². The van der Waals surface area contributed by atoms with Gasteiger partial charge in [-0.25, -0.2) is 27.5 Å². The average Bonchev–Trinajstić information content (AvgIpc) is 3.49. The van der Waals surface area contributed by atoms with E-state index in [4.69, 9.17) is 20.2 Å². The second-order valence-corrected chi connectivity index (χ2v) is 12.7. The van der Waals surface area contributed by atoms with E-state index in [1.54, 1.807) is 6.92 Å². The number of aryl methyl sites for hydroxylation is 1. The third-order valence-corrected chi connectivity index (χ3v) is 9.93. The summed E-state index contributed by atoms with van der Waals surface area (Å²) in [5, 5.41) is 3.84.